The molecule has 0 saturated heterocycles. The fourth-order valence-corrected chi connectivity index (χ4v) is 5.32. The second kappa shape index (κ2) is 9.77. The van der Waals surface area contributed by atoms with Crippen molar-refractivity contribution in [2.45, 2.75) is 30.6 Å². The maximum Gasteiger partial charge on any atom is 0.255 e. The summed E-state index contributed by atoms with van der Waals surface area (Å²) in [5.41, 5.74) is 4.83. The first-order chi connectivity index (χ1) is 16.6. The minimum atomic E-state index is -0.178. The number of carbonyl (C=O) groups is 2. The molecule has 3 aromatic carbocycles. The molecule has 0 radical (unpaired) electrons. The van der Waals surface area contributed by atoms with Crippen LogP contribution < -0.4 is 10.1 Å². The Hall–Kier alpha value is -3.51. The van der Waals surface area contributed by atoms with Gasteiger partial charge < -0.3 is 10.1 Å². The van der Waals surface area contributed by atoms with Crippen molar-refractivity contribution in [3.05, 3.63) is 89.6 Å². The maximum atomic E-state index is 13.3. The normalized spacial score (nSPS) is 12.9. The first-order valence-corrected chi connectivity index (χ1v) is 12.5. The maximum absolute atomic E-state index is 13.3. The van der Waals surface area contributed by atoms with Gasteiger partial charge >= 0.3 is 0 Å². The number of carbonyl (C=O) groups excluding carboxylic acids is 2. The highest BCUT2D eigenvalue weighted by atomic mass is 32.2. The number of aryl methyl sites for hydroxylation is 1. The monoisotopic (exact) mass is 470 g/mol. The summed E-state index contributed by atoms with van der Waals surface area (Å²) in [6.45, 7) is 0. The number of nitrogens with one attached hydrogen (secondary N) is 1. The fraction of sp³-hybridized carbons (Fsp3) is 0.214. The summed E-state index contributed by atoms with van der Waals surface area (Å²) in [6, 6.07) is 22.8. The molecule has 1 aliphatic rings. The summed E-state index contributed by atoms with van der Waals surface area (Å²) in [7, 11) is 1.59. The van der Waals surface area contributed by atoms with Crippen molar-refractivity contribution in [2.24, 2.45) is 0 Å². The predicted molar refractivity (Wildman–Crippen MR) is 137 cm³/mol. The Bertz CT molecular complexity index is 1340. The molecule has 172 valence electrons. The lowest BCUT2D eigenvalue weighted by molar-refractivity contribution is 0.0942. The van der Waals surface area contributed by atoms with Crippen LogP contribution in [0.15, 0.2) is 77.7 Å². The van der Waals surface area contributed by atoms with Crippen LogP contribution in [0.3, 0.4) is 0 Å². The first kappa shape index (κ1) is 22.3. The number of anilines is 1. The van der Waals surface area contributed by atoms with Crippen LogP contribution in [0.5, 0.6) is 5.75 Å². The molecule has 34 heavy (non-hydrogen) atoms. The van der Waals surface area contributed by atoms with Gasteiger partial charge in [-0.3, -0.25) is 14.2 Å². The zero-order chi connectivity index (χ0) is 23.5. The largest absolute Gasteiger partial charge is 0.497 e. The zero-order valence-electron chi connectivity index (χ0n) is 19.0. The number of amides is 1. The van der Waals surface area contributed by atoms with E-state index in [9.17, 15) is 9.59 Å². The SMILES string of the molecule is COc1ccc(C(=O)Nc2ccc(SCC(=O)n3c4c(c5ccccc53)CCCC4)cc2)cc1. The van der Waals surface area contributed by atoms with Gasteiger partial charge in [0.05, 0.1) is 18.4 Å². The van der Waals surface area contributed by atoms with E-state index in [4.69, 9.17) is 4.74 Å². The topological polar surface area (TPSA) is 60.3 Å². The van der Waals surface area contributed by atoms with Gasteiger partial charge in [0, 0.05) is 27.2 Å². The van der Waals surface area contributed by atoms with E-state index >= 15 is 0 Å². The van der Waals surface area contributed by atoms with E-state index in [-0.39, 0.29) is 11.8 Å². The molecule has 1 aromatic heterocycles. The van der Waals surface area contributed by atoms with Gasteiger partial charge in [0.25, 0.3) is 5.91 Å². The molecule has 4 aromatic rings. The minimum Gasteiger partial charge on any atom is -0.497 e. The highest BCUT2D eigenvalue weighted by molar-refractivity contribution is 8.00. The van der Waals surface area contributed by atoms with Gasteiger partial charge in [-0.15, -0.1) is 11.8 Å². The number of para-hydroxylation sites is 1. The van der Waals surface area contributed by atoms with E-state index in [1.54, 1.807) is 31.4 Å². The van der Waals surface area contributed by atoms with Gasteiger partial charge in [-0.25, -0.2) is 0 Å². The Kier molecular flexibility index (Phi) is 6.41. The molecule has 0 fully saturated rings. The second-order valence-corrected chi connectivity index (χ2v) is 9.42. The van der Waals surface area contributed by atoms with E-state index in [0.717, 1.165) is 29.7 Å². The van der Waals surface area contributed by atoms with Crippen molar-refractivity contribution in [3.8, 4) is 5.75 Å². The summed E-state index contributed by atoms with van der Waals surface area (Å²) in [4.78, 5) is 26.7. The smallest absolute Gasteiger partial charge is 0.255 e. The minimum absolute atomic E-state index is 0.112. The summed E-state index contributed by atoms with van der Waals surface area (Å²) >= 11 is 1.52. The molecule has 1 aliphatic carbocycles. The predicted octanol–water partition coefficient (Wildman–Crippen LogP) is 6.21. The summed E-state index contributed by atoms with van der Waals surface area (Å²) in [5.74, 6) is 1.01. The van der Waals surface area contributed by atoms with E-state index in [1.165, 1.54) is 34.8 Å². The Morgan fingerprint density at radius 1 is 0.941 bits per heavy atom. The Labute approximate surface area is 203 Å². The number of aromatic nitrogens is 1. The third-order valence-electron chi connectivity index (χ3n) is 6.25. The van der Waals surface area contributed by atoms with Gasteiger partial charge in [0.15, 0.2) is 0 Å². The van der Waals surface area contributed by atoms with Crippen LogP contribution in [-0.2, 0) is 12.8 Å². The van der Waals surface area contributed by atoms with Crippen molar-refractivity contribution >= 4 is 40.2 Å². The van der Waals surface area contributed by atoms with Crippen LogP contribution in [0.25, 0.3) is 10.9 Å². The molecule has 5 rings (SSSR count). The number of methoxy groups -OCH3 is 1. The van der Waals surface area contributed by atoms with Gasteiger partial charge in [-0.05, 0) is 85.8 Å². The number of benzene rings is 3. The molecule has 0 bridgehead atoms. The number of fused-ring (bicyclic) bond motifs is 3. The molecule has 1 heterocycles. The number of rotatable bonds is 6. The first-order valence-electron chi connectivity index (χ1n) is 11.5. The Morgan fingerprint density at radius 2 is 1.68 bits per heavy atom. The molecule has 0 unspecified atom stereocenters. The van der Waals surface area contributed by atoms with Gasteiger partial charge in [-0.1, -0.05) is 18.2 Å². The molecule has 0 saturated carbocycles. The number of hydrogen-bond acceptors (Lipinski definition) is 4. The molecule has 1 amide bonds. The number of ether oxygens (including phenoxy) is 1. The van der Waals surface area contributed by atoms with E-state index in [1.807, 2.05) is 34.9 Å². The summed E-state index contributed by atoms with van der Waals surface area (Å²) < 4.78 is 7.08. The molecular weight excluding hydrogens is 444 g/mol. The van der Waals surface area contributed by atoms with Crippen LogP contribution >= 0.6 is 11.8 Å². The molecule has 6 heteroatoms. The van der Waals surface area contributed by atoms with Gasteiger partial charge in [0.1, 0.15) is 5.75 Å². The van der Waals surface area contributed by atoms with Crippen LogP contribution in [0, 0.1) is 0 Å². The quantitative estimate of drug-likeness (QED) is 0.340. The average molecular weight is 471 g/mol. The van der Waals surface area contributed by atoms with Crippen LogP contribution in [-0.4, -0.2) is 29.2 Å². The van der Waals surface area contributed by atoms with Crippen molar-refractivity contribution in [2.75, 3.05) is 18.2 Å². The third kappa shape index (κ3) is 4.46. The van der Waals surface area contributed by atoms with E-state index in [0.29, 0.717) is 22.8 Å². The molecule has 0 aliphatic heterocycles. The zero-order valence-corrected chi connectivity index (χ0v) is 19.9. The van der Waals surface area contributed by atoms with Crippen LogP contribution in [0.1, 0.15) is 39.3 Å². The van der Waals surface area contributed by atoms with E-state index in [2.05, 4.69) is 23.5 Å². The molecule has 0 atom stereocenters. The lowest BCUT2D eigenvalue weighted by atomic mass is 9.96. The van der Waals surface area contributed by atoms with Crippen LogP contribution in [0.2, 0.25) is 0 Å². The van der Waals surface area contributed by atoms with Crippen LogP contribution in [0.4, 0.5) is 5.69 Å². The Morgan fingerprint density at radius 3 is 2.44 bits per heavy atom. The number of hydrogen-bond donors (Lipinski definition) is 1. The molecular formula is C28H26N2O3S. The van der Waals surface area contributed by atoms with E-state index < -0.39 is 0 Å². The lowest BCUT2D eigenvalue weighted by Crippen LogP contribution is -2.18. The molecule has 0 spiro atoms. The van der Waals surface area contributed by atoms with Crippen molar-refractivity contribution < 1.29 is 14.3 Å². The third-order valence-corrected chi connectivity index (χ3v) is 7.25. The summed E-state index contributed by atoms with van der Waals surface area (Å²) in [5, 5.41) is 4.12. The highest BCUT2D eigenvalue weighted by Crippen LogP contribution is 2.33. The number of thioether (sulfide) groups is 1. The average Bonchev–Trinajstić information content (AvgIpc) is 3.23. The highest BCUT2D eigenvalue weighted by Gasteiger charge is 2.23. The fourth-order valence-electron chi connectivity index (χ4n) is 4.57. The van der Waals surface area contributed by atoms with Crippen molar-refractivity contribution in [3.63, 3.8) is 0 Å². The van der Waals surface area contributed by atoms with Gasteiger partial charge in [0.2, 0.25) is 5.91 Å². The van der Waals surface area contributed by atoms with Gasteiger partial charge in [-0.2, -0.15) is 0 Å². The second-order valence-electron chi connectivity index (χ2n) is 8.37. The van der Waals surface area contributed by atoms with Crippen molar-refractivity contribution in [1.29, 1.82) is 0 Å². The molecule has 1 N–H and O–H groups in total. The summed E-state index contributed by atoms with van der Waals surface area (Å²) in [6.07, 6.45) is 4.33. The van der Waals surface area contributed by atoms with Crippen molar-refractivity contribution in [1.82, 2.24) is 4.57 Å². The molecule has 5 nitrogen and oxygen atoms in total. The lowest BCUT2D eigenvalue weighted by Gasteiger charge is -2.15. The number of nitrogens with zero attached hydrogens (tertiary/aromatic N) is 1. The Balaban J connectivity index is 1.25. The standard InChI is InChI=1S/C28H26N2O3S/c1-33-21-14-10-19(11-15-21)28(32)29-20-12-16-22(17-13-20)34-18-27(31)30-25-8-4-2-6-23(25)24-7-3-5-9-26(24)30/h2,4,6,8,10-17H,3,5,7,9,18H2,1H3,(H,29,32).